The Morgan fingerprint density at radius 1 is 1.20 bits per heavy atom. The van der Waals surface area contributed by atoms with Crippen LogP contribution in [0.2, 0.25) is 0 Å². The van der Waals surface area contributed by atoms with Gasteiger partial charge in [0, 0.05) is 10.9 Å². The van der Waals surface area contributed by atoms with Crippen molar-refractivity contribution in [2.75, 3.05) is 0 Å². The third-order valence-electron chi connectivity index (χ3n) is 4.04. The van der Waals surface area contributed by atoms with Gasteiger partial charge in [-0.15, -0.1) is 11.3 Å². The third kappa shape index (κ3) is 3.78. The molecule has 0 aliphatic rings. The smallest absolute Gasteiger partial charge is 0.134 e. The van der Waals surface area contributed by atoms with Crippen molar-refractivity contribution < 1.29 is 4.42 Å². The Labute approximate surface area is 151 Å². The molecule has 3 rings (SSSR count). The van der Waals surface area contributed by atoms with Crippen LogP contribution < -0.4 is 0 Å². The lowest BCUT2D eigenvalue weighted by Crippen LogP contribution is -1.89. The Morgan fingerprint density at radius 3 is 2.72 bits per heavy atom. The van der Waals surface area contributed by atoms with Crippen molar-refractivity contribution in [3.8, 4) is 17.3 Å². The Morgan fingerprint density at radius 2 is 2.00 bits per heavy atom. The summed E-state index contributed by atoms with van der Waals surface area (Å²) in [4.78, 5) is 4.67. The summed E-state index contributed by atoms with van der Waals surface area (Å²) in [6.45, 7) is 6.31. The first-order chi connectivity index (χ1) is 12.1. The molecule has 2 heterocycles. The third-order valence-corrected chi connectivity index (χ3v) is 4.91. The molecule has 0 saturated heterocycles. The number of thiazole rings is 1. The van der Waals surface area contributed by atoms with Crippen molar-refractivity contribution in [2.24, 2.45) is 0 Å². The summed E-state index contributed by atoms with van der Waals surface area (Å²) in [5.41, 5.74) is 6.29. The summed E-state index contributed by atoms with van der Waals surface area (Å²) < 4.78 is 5.24. The molecule has 0 atom stereocenters. The number of benzene rings is 1. The fraction of sp³-hybridized carbons (Fsp3) is 0.143. The zero-order valence-electron chi connectivity index (χ0n) is 14.4. The monoisotopic (exact) mass is 346 g/mol. The van der Waals surface area contributed by atoms with Crippen LogP contribution in [-0.4, -0.2) is 4.98 Å². The van der Waals surface area contributed by atoms with Gasteiger partial charge in [0.1, 0.15) is 16.8 Å². The fourth-order valence-electron chi connectivity index (χ4n) is 2.54. The number of hydrogen-bond donors (Lipinski definition) is 0. The number of hydrogen-bond acceptors (Lipinski definition) is 4. The second kappa shape index (κ2) is 7.33. The largest absolute Gasteiger partial charge is 0.465 e. The Bertz CT molecular complexity index is 986. The van der Waals surface area contributed by atoms with Gasteiger partial charge < -0.3 is 4.42 Å². The van der Waals surface area contributed by atoms with E-state index in [1.807, 2.05) is 23.6 Å². The molecule has 4 heteroatoms. The lowest BCUT2D eigenvalue weighted by atomic mass is 9.99. The number of nitrogens with zero attached hydrogens (tertiary/aromatic N) is 2. The quantitative estimate of drug-likeness (QED) is 0.433. The van der Waals surface area contributed by atoms with E-state index in [1.165, 1.54) is 28.0 Å². The molecule has 2 aromatic heterocycles. The first kappa shape index (κ1) is 16.9. The summed E-state index contributed by atoms with van der Waals surface area (Å²) in [6, 6.07) is 10.3. The van der Waals surface area contributed by atoms with Crippen LogP contribution in [0.4, 0.5) is 0 Å². The van der Waals surface area contributed by atoms with Crippen LogP contribution in [0.15, 0.2) is 52.5 Å². The van der Waals surface area contributed by atoms with Crippen LogP contribution in [0.25, 0.3) is 22.9 Å². The van der Waals surface area contributed by atoms with Gasteiger partial charge >= 0.3 is 0 Å². The average Bonchev–Trinajstić information content (AvgIpc) is 3.27. The Balaban J connectivity index is 1.89. The lowest BCUT2D eigenvalue weighted by Gasteiger charge is -2.07. The molecular formula is C21H18N2OS. The zero-order valence-corrected chi connectivity index (χ0v) is 15.2. The van der Waals surface area contributed by atoms with Crippen molar-refractivity contribution in [1.29, 1.82) is 5.26 Å². The molecule has 0 saturated carbocycles. The molecule has 1 aromatic carbocycles. The minimum atomic E-state index is 0.542. The second-order valence-electron chi connectivity index (χ2n) is 5.86. The zero-order chi connectivity index (χ0) is 17.8. The van der Waals surface area contributed by atoms with Crippen LogP contribution in [0.3, 0.4) is 0 Å². The van der Waals surface area contributed by atoms with Crippen molar-refractivity contribution in [3.05, 3.63) is 75.5 Å². The van der Waals surface area contributed by atoms with E-state index >= 15 is 0 Å². The van der Waals surface area contributed by atoms with Crippen molar-refractivity contribution in [1.82, 2.24) is 4.98 Å². The number of allylic oxidation sites excluding steroid dienone is 3. The van der Waals surface area contributed by atoms with Crippen molar-refractivity contribution in [3.63, 3.8) is 0 Å². The highest BCUT2D eigenvalue weighted by Crippen LogP contribution is 2.30. The van der Waals surface area contributed by atoms with Gasteiger partial charge in [-0.2, -0.15) is 5.26 Å². The van der Waals surface area contributed by atoms with Crippen molar-refractivity contribution >= 4 is 23.0 Å². The van der Waals surface area contributed by atoms with Gasteiger partial charge in [0.2, 0.25) is 0 Å². The molecule has 0 radical (unpaired) electrons. The number of aromatic nitrogens is 1. The predicted octanol–water partition coefficient (Wildman–Crippen LogP) is 5.95. The van der Waals surface area contributed by atoms with E-state index in [0.29, 0.717) is 5.57 Å². The van der Waals surface area contributed by atoms with Gasteiger partial charge in [-0.25, -0.2) is 4.98 Å². The molecule has 0 aliphatic carbocycles. The van der Waals surface area contributed by atoms with Crippen LogP contribution >= 0.6 is 11.3 Å². The summed E-state index contributed by atoms with van der Waals surface area (Å²) in [5.74, 6) is 0.749. The number of aryl methyl sites for hydroxylation is 3. The van der Waals surface area contributed by atoms with Gasteiger partial charge in [0.25, 0.3) is 0 Å². The number of furan rings is 1. The second-order valence-corrected chi connectivity index (χ2v) is 6.71. The van der Waals surface area contributed by atoms with Crippen LogP contribution in [0.5, 0.6) is 0 Å². The van der Waals surface area contributed by atoms with Crippen LogP contribution in [0.1, 0.15) is 27.5 Å². The van der Waals surface area contributed by atoms with Gasteiger partial charge in [-0.05, 0) is 67.8 Å². The molecule has 0 fully saturated rings. The number of nitriles is 1. The average molecular weight is 346 g/mol. The topological polar surface area (TPSA) is 49.8 Å². The highest BCUT2D eigenvalue weighted by atomic mass is 32.1. The van der Waals surface area contributed by atoms with E-state index < -0.39 is 0 Å². The molecule has 0 bridgehead atoms. The summed E-state index contributed by atoms with van der Waals surface area (Å²) in [5, 5.41) is 12.2. The van der Waals surface area contributed by atoms with E-state index in [9.17, 15) is 5.26 Å². The summed E-state index contributed by atoms with van der Waals surface area (Å²) in [7, 11) is 0. The predicted molar refractivity (Wildman–Crippen MR) is 103 cm³/mol. The SMILES string of the molecule is Cc1cc(C)c(-c2csc(C(C#N)=CC=Cc3ccco3)n2)cc1C. The van der Waals surface area contributed by atoms with Gasteiger partial charge in [0.05, 0.1) is 17.5 Å². The maximum absolute atomic E-state index is 9.44. The highest BCUT2D eigenvalue weighted by Gasteiger charge is 2.11. The summed E-state index contributed by atoms with van der Waals surface area (Å²) >= 11 is 1.48. The van der Waals surface area contributed by atoms with E-state index in [4.69, 9.17) is 4.42 Å². The molecule has 3 nitrogen and oxygen atoms in total. The van der Waals surface area contributed by atoms with E-state index in [-0.39, 0.29) is 0 Å². The molecule has 3 aromatic rings. The molecule has 124 valence electrons. The number of rotatable bonds is 4. The van der Waals surface area contributed by atoms with Gasteiger partial charge in [-0.3, -0.25) is 0 Å². The Hall–Kier alpha value is -2.90. The van der Waals surface area contributed by atoms with Gasteiger partial charge in [0.15, 0.2) is 0 Å². The lowest BCUT2D eigenvalue weighted by molar-refractivity contribution is 0.557. The minimum Gasteiger partial charge on any atom is -0.465 e. The maximum atomic E-state index is 9.44. The standard InChI is InChI=1S/C21H18N2OS/c1-14-10-16(3)19(11-15(14)2)20-13-25-21(23-20)17(12-22)6-4-7-18-8-5-9-24-18/h4-11,13H,1-3H3. The molecule has 25 heavy (non-hydrogen) atoms. The van der Waals surface area contributed by atoms with E-state index in [0.717, 1.165) is 22.0 Å². The summed E-state index contributed by atoms with van der Waals surface area (Å²) in [6.07, 6.45) is 7.01. The molecular weight excluding hydrogens is 328 g/mol. The molecule has 0 spiro atoms. The molecule has 0 N–H and O–H groups in total. The van der Waals surface area contributed by atoms with E-state index in [2.05, 4.69) is 44.0 Å². The fourth-order valence-corrected chi connectivity index (χ4v) is 3.33. The highest BCUT2D eigenvalue weighted by molar-refractivity contribution is 7.11. The van der Waals surface area contributed by atoms with Crippen LogP contribution in [0, 0.1) is 32.1 Å². The molecule has 0 unspecified atom stereocenters. The maximum Gasteiger partial charge on any atom is 0.134 e. The first-order valence-corrected chi connectivity index (χ1v) is 8.82. The van der Waals surface area contributed by atoms with Crippen molar-refractivity contribution in [2.45, 2.75) is 20.8 Å². The van der Waals surface area contributed by atoms with E-state index in [1.54, 1.807) is 18.4 Å². The normalized spacial score (nSPS) is 11.8. The van der Waals surface area contributed by atoms with Crippen LogP contribution in [-0.2, 0) is 0 Å². The molecule has 0 aliphatic heterocycles. The molecule has 0 amide bonds. The van der Waals surface area contributed by atoms with Gasteiger partial charge in [-0.1, -0.05) is 12.1 Å². The first-order valence-electron chi connectivity index (χ1n) is 7.94. The Kier molecular flexibility index (Phi) is 4.97. The minimum absolute atomic E-state index is 0.542.